The van der Waals surface area contributed by atoms with E-state index < -0.39 is 28.6 Å². The molecule has 0 aromatic heterocycles. The zero-order chi connectivity index (χ0) is 14.6. The monoisotopic (exact) mass is 309 g/mol. The molecule has 0 radical (unpaired) electrons. The summed E-state index contributed by atoms with van der Waals surface area (Å²) in [6.07, 6.45) is 0. The van der Waals surface area contributed by atoms with Crippen molar-refractivity contribution in [3.05, 3.63) is 23.2 Å². The fourth-order valence-electron chi connectivity index (χ4n) is 1.28. The van der Waals surface area contributed by atoms with E-state index in [-0.39, 0.29) is 15.7 Å². The Kier molecular flexibility index (Phi) is 5.12. The van der Waals surface area contributed by atoms with Crippen LogP contribution in [0.4, 0.5) is 0 Å². The van der Waals surface area contributed by atoms with E-state index in [4.69, 9.17) is 26.6 Å². The minimum Gasteiger partial charge on any atom is -0.495 e. The second-order valence-electron chi connectivity index (χ2n) is 3.49. The highest BCUT2D eigenvalue weighted by Gasteiger charge is 2.27. The van der Waals surface area contributed by atoms with Crippen molar-refractivity contribution in [2.75, 3.05) is 13.7 Å². The van der Waals surface area contributed by atoms with E-state index in [9.17, 15) is 13.2 Å². The first-order chi connectivity index (χ1) is 8.81. The quantitative estimate of drug-likeness (QED) is 0.685. The number of sulfonamides is 1. The van der Waals surface area contributed by atoms with E-state index in [1.54, 1.807) is 0 Å². The van der Waals surface area contributed by atoms with E-state index in [0.717, 1.165) is 0 Å². The number of aliphatic carboxylic acids is 1. The predicted octanol–water partition coefficient (Wildman–Crippen LogP) is 0.0724. The third-order valence-electron chi connectivity index (χ3n) is 2.19. The van der Waals surface area contributed by atoms with Crippen LogP contribution in [0, 0.1) is 0 Å². The number of hydrogen-bond donors (Lipinski definition) is 3. The van der Waals surface area contributed by atoms with Crippen molar-refractivity contribution in [2.45, 2.75) is 10.9 Å². The summed E-state index contributed by atoms with van der Waals surface area (Å²) in [7, 11) is -2.90. The Bertz CT molecular complexity index is 573. The molecule has 1 aromatic rings. The van der Waals surface area contributed by atoms with Gasteiger partial charge in [-0.1, -0.05) is 11.6 Å². The zero-order valence-corrected chi connectivity index (χ0v) is 11.4. The number of hydrogen-bond acceptors (Lipinski definition) is 5. The van der Waals surface area contributed by atoms with Crippen molar-refractivity contribution in [3.63, 3.8) is 0 Å². The molecular formula is C10H12ClNO6S. The van der Waals surface area contributed by atoms with E-state index in [0.29, 0.717) is 0 Å². The topological polar surface area (TPSA) is 113 Å². The van der Waals surface area contributed by atoms with E-state index in [1.165, 1.54) is 25.3 Å². The van der Waals surface area contributed by atoms with Gasteiger partial charge in [-0.25, -0.2) is 8.42 Å². The standard InChI is InChI=1S/C10H12ClNO6S/c1-18-8-4-6(11)2-3-9(8)19(16,17)12-7(5-13)10(14)15/h2-4,7,12-13H,5H2,1H3,(H,14,15)/t7-/m1/s1. The van der Waals surface area contributed by atoms with E-state index >= 15 is 0 Å². The molecule has 0 heterocycles. The Hall–Kier alpha value is -1.35. The molecule has 0 saturated heterocycles. The van der Waals surface area contributed by atoms with Gasteiger partial charge in [0.1, 0.15) is 16.7 Å². The Balaban J connectivity index is 3.17. The Morgan fingerprint density at radius 1 is 1.53 bits per heavy atom. The van der Waals surface area contributed by atoms with Crippen LogP contribution in [-0.2, 0) is 14.8 Å². The molecule has 1 atom stereocenters. The minimum atomic E-state index is -4.15. The SMILES string of the molecule is COc1cc(Cl)ccc1S(=O)(=O)N[C@H](CO)C(=O)O. The summed E-state index contributed by atoms with van der Waals surface area (Å²) in [5.41, 5.74) is 0. The second kappa shape index (κ2) is 6.20. The number of carboxylic acids is 1. The van der Waals surface area contributed by atoms with Crippen LogP contribution in [0.25, 0.3) is 0 Å². The van der Waals surface area contributed by atoms with Gasteiger partial charge in [0.2, 0.25) is 10.0 Å². The van der Waals surface area contributed by atoms with Gasteiger partial charge in [-0.2, -0.15) is 4.72 Å². The van der Waals surface area contributed by atoms with Crippen molar-refractivity contribution < 1.29 is 28.2 Å². The van der Waals surface area contributed by atoms with Crippen LogP contribution < -0.4 is 9.46 Å². The summed E-state index contributed by atoms with van der Waals surface area (Å²) in [6, 6.07) is 2.16. The minimum absolute atomic E-state index is 0.0259. The maximum atomic E-state index is 12.0. The summed E-state index contributed by atoms with van der Waals surface area (Å²) in [5, 5.41) is 17.8. The Morgan fingerprint density at radius 3 is 2.63 bits per heavy atom. The molecular weight excluding hydrogens is 298 g/mol. The molecule has 3 N–H and O–H groups in total. The second-order valence-corrected chi connectivity index (χ2v) is 5.61. The lowest BCUT2D eigenvalue weighted by molar-refractivity contribution is -0.139. The number of halogens is 1. The van der Waals surface area contributed by atoms with Crippen LogP contribution in [0.3, 0.4) is 0 Å². The number of rotatable bonds is 6. The van der Waals surface area contributed by atoms with Crippen molar-refractivity contribution in [2.24, 2.45) is 0 Å². The summed E-state index contributed by atoms with van der Waals surface area (Å²) < 4.78 is 30.7. The molecule has 106 valence electrons. The molecule has 0 spiro atoms. The number of aliphatic hydroxyl groups is 1. The molecule has 0 aliphatic carbocycles. The van der Waals surface area contributed by atoms with Crippen LogP contribution in [-0.4, -0.2) is 44.4 Å². The molecule has 0 saturated carbocycles. The number of methoxy groups -OCH3 is 1. The van der Waals surface area contributed by atoms with Gasteiger partial charge in [-0.05, 0) is 12.1 Å². The highest BCUT2D eigenvalue weighted by Crippen LogP contribution is 2.27. The van der Waals surface area contributed by atoms with Crippen molar-refractivity contribution >= 4 is 27.6 Å². The molecule has 1 aromatic carbocycles. The highest BCUT2D eigenvalue weighted by atomic mass is 35.5. The Labute approximate surface area is 114 Å². The molecule has 0 amide bonds. The van der Waals surface area contributed by atoms with Crippen LogP contribution in [0.2, 0.25) is 5.02 Å². The van der Waals surface area contributed by atoms with Crippen LogP contribution >= 0.6 is 11.6 Å². The number of nitrogens with one attached hydrogen (secondary N) is 1. The molecule has 0 unspecified atom stereocenters. The van der Waals surface area contributed by atoms with Gasteiger partial charge in [0.15, 0.2) is 0 Å². The number of carbonyl (C=O) groups is 1. The first-order valence-electron chi connectivity index (χ1n) is 5.01. The summed E-state index contributed by atoms with van der Waals surface area (Å²) in [4.78, 5) is 10.4. The van der Waals surface area contributed by atoms with Crippen molar-refractivity contribution in [3.8, 4) is 5.75 Å². The molecule has 1 rings (SSSR count). The zero-order valence-electron chi connectivity index (χ0n) is 9.83. The molecule has 0 bridgehead atoms. The maximum Gasteiger partial charge on any atom is 0.324 e. The first-order valence-corrected chi connectivity index (χ1v) is 6.87. The lowest BCUT2D eigenvalue weighted by Gasteiger charge is -2.14. The Morgan fingerprint density at radius 2 is 2.16 bits per heavy atom. The third kappa shape index (κ3) is 3.80. The average Bonchev–Trinajstić information content (AvgIpc) is 2.35. The average molecular weight is 310 g/mol. The summed E-state index contributed by atoms with van der Waals surface area (Å²) >= 11 is 5.70. The van der Waals surface area contributed by atoms with Crippen LogP contribution in [0.15, 0.2) is 23.1 Å². The maximum absolute atomic E-state index is 12.0. The van der Waals surface area contributed by atoms with E-state index in [1.807, 2.05) is 4.72 Å². The van der Waals surface area contributed by atoms with Crippen LogP contribution in [0.1, 0.15) is 0 Å². The van der Waals surface area contributed by atoms with Gasteiger partial charge < -0.3 is 14.9 Å². The van der Waals surface area contributed by atoms with Gasteiger partial charge in [-0.3, -0.25) is 4.79 Å². The van der Waals surface area contributed by atoms with Crippen molar-refractivity contribution in [1.82, 2.24) is 4.72 Å². The molecule has 0 aliphatic heterocycles. The normalized spacial score (nSPS) is 13.0. The van der Waals surface area contributed by atoms with Gasteiger partial charge >= 0.3 is 5.97 Å². The fraction of sp³-hybridized carbons (Fsp3) is 0.300. The number of ether oxygens (including phenoxy) is 1. The third-order valence-corrected chi connectivity index (χ3v) is 3.94. The predicted molar refractivity (Wildman–Crippen MR) is 66.8 cm³/mol. The largest absolute Gasteiger partial charge is 0.495 e. The van der Waals surface area contributed by atoms with Gasteiger partial charge in [-0.15, -0.1) is 0 Å². The smallest absolute Gasteiger partial charge is 0.324 e. The van der Waals surface area contributed by atoms with Gasteiger partial charge in [0.05, 0.1) is 13.7 Å². The van der Waals surface area contributed by atoms with Crippen molar-refractivity contribution in [1.29, 1.82) is 0 Å². The number of benzene rings is 1. The number of carboxylic acid groups (broad SMARTS) is 1. The molecule has 9 heteroatoms. The highest BCUT2D eigenvalue weighted by molar-refractivity contribution is 7.89. The fourth-order valence-corrected chi connectivity index (χ4v) is 2.77. The van der Waals surface area contributed by atoms with Gasteiger partial charge in [0.25, 0.3) is 0 Å². The lowest BCUT2D eigenvalue weighted by Crippen LogP contribution is -2.43. The van der Waals surface area contributed by atoms with Crippen LogP contribution in [0.5, 0.6) is 5.75 Å². The van der Waals surface area contributed by atoms with E-state index in [2.05, 4.69) is 0 Å². The molecule has 0 fully saturated rings. The number of aliphatic hydroxyl groups excluding tert-OH is 1. The van der Waals surface area contributed by atoms with Gasteiger partial charge in [0, 0.05) is 11.1 Å². The molecule has 7 nitrogen and oxygen atoms in total. The first kappa shape index (κ1) is 15.7. The molecule has 0 aliphatic rings. The lowest BCUT2D eigenvalue weighted by atomic mass is 10.3. The summed E-state index contributed by atoms with van der Waals surface area (Å²) in [6.45, 7) is -0.871. The summed E-state index contributed by atoms with van der Waals surface area (Å²) in [5.74, 6) is -1.51. The molecule has 19 heavy (non-hydrogen) atoms.